The summed E-state index contributed by atoms with van der Waals surface area (Å²) < 4.78 is 12.7. The molecule has 1 aliphatic carbocycles. The van der Waals surface area contributed by atoms with E-state index in [1.165, 1.54) is 12.7 Å². The lowest BCUT2D eigenvalue weighted by Gasteiger charge is -2.53. The van der Waals surface area contributed by atoms with Gasteiger partial charge in [0.25, 0.3) is 0 Å². The third-order valence-corrected chi connectivity index (χ3v) is 6.49. The summed E-state index contributed by atoms with van der Waals surface area (Å²) in [5, 5.41) is 13.8. The van der Waals surface area contributed by atoms with Crippen LogP contribution in [0.1, 0.15) is 43.4 Å². The SMILES string of the molecule is COC(=O)CC12CCC(c3ccc(-c4cnn(C)c4CO)cc3)(CC1)CO2. The number of nitrogens with zero attached hydrogens (tertiary/aromatic N) is 2. The zero-order valence-corrected chi connectivity index (χ0v) is 15.9. The second-order valence-electron chi connectivity index (χ2n) is 7.87. The van der Waals surface area contributed by atoms with Crippen LogP contribution in [0.5, 0.6) is 0 Å². The number of aliphatic hydroxyl groups excluding tert-OH is 1. The lowest BCUT2D eigenvalue weighted by Crippen LogP contribution is -2.54. The van der Waals surface area contributed by atoms with Crippen LogP contribution < -0.4 is 0 Å². The molecule has 27 heavy (non-hydrogen) atoms. The van der Waals surface area contributed by atoms with Gasteiger partial charge in [-0.15, -0.1) is 0 Å². The summed E-state index contributed by atoms with van der Waals surface area (Å²) in [6, 6.07) is 8.55. The Morgan fingerprint density at radius 3 is 2.52 bits per heavy atom. The number of aryl methyl sites for hydroxylation is 1. The van der Waals surface area contributed by atoms with Gasteiger partial charge in [0, 0.05) is 18.0 Å². The Kier molecular flexibility index (Phi) is 4.56. The molecule has 3 aliphatic rings. The van der Waals surface area contributed by atoms with Crippen LogP contribution >= 0.6 is 0 Å². The molecular weight excluding hydrogens is 344 g/mol. The molecule has 3 heterocycles. The number of benzene rings is 1. The second kappa shape index (κ2) is 6.77. The zero-order chi connectivity index (χ0) is 19.1. The summed E-state index contributed by atoms with van der Waals surface area (Å²) in [6.45, 7) is 0.617. The van der Waals surface area contributed by atoms with Crippen LogP contribution in [-0.2, 0) is 33.3 Å². The third-order valence-electron chi connectivity index (χ3n) is 6.49. The first-order chi connectivity index (χ1) is 13.0. The number of aliphatic hydroxyl groups is 1. The molecule has 2 bridgehead atoms. The minimum absolute atomic E-state index is 0.0329. The number of esters is 1. The maximum atomic E-state index is 11.7. The molecule has 0 radical (unpaired) electrons. The van der Waals surface area contributed by atoms with Gasteiger partial charge in [-0.05, 0) is 36.8 Å². The predicted molar refractivity (Wildman–Crippen MR) is 100 cm³/mol. The van der Waals surface area contributed by atoms with Gasteiger partial charge in [0.1, 0.15) is 0 Å². The molecule has 2 saturated heterocycles. The first-order valence-corrected chi connectivity index (χ1v) is 9.44. The number of methoxy groups -OCH3 is 1. The van der Waals surface area contributed by atoms with Gasteiger partial charge in [-0.3, -0.25) is 9.48 Å². The number of carbonyl (C=O) groups excluding carboxylic acids is 1. The summed E-state index contributed by atoms with van der Waals surface area (Å²) in [5.74, 6) is -0.190. The Hall–Kier alpha value is -2.18. The lowest BCUT2D eigenvalue weighted by atomic mass is 9.62. The van der Waals surface area contributed by atoms with E-state index in [1.54, 1.807) is 10.9 Å². The first-order valence-electron chi connectivity index (χ1n) is 9.44. The highest BCUT2D eigenvalue weighted by Gasteiger charge is 2.51. The van der Waals surface area contributed by atoms with E-state index in [-0.39, 0.29) is 23.6 Å². The molecule has 0 amide bonds. The number of hydrogen-bond acceptors (Lipinski definition) is 5. The molecule has 3 fully saturated rings. The van der Waals surface area contributed by atoms with Gasteiger partial charge in [0.15, 0.2) is 0 Å². The molecule has 6 nitrogen and oxygen atoms in total. The first kappa shape index (κ1) is 18.2. The van der Waals surface area contributed by atoms with Crippen LogP contribution in [-0.4, -0.2) is 40.2 Å². The van der Waals surface area contributed by atoms with Crippen molar-refractivity contribution in [3.63, 3.8) is 0 Å². The summed E-state index contributed by atoms with van der Waals surface area (Å²) in [5.41, 5.74) is 3.81. The van der Waals surface area contributed by atoms with Crippen LogP contribution in [0.2, 0.25) is 0 Å². The third kappa shape index (κ3) is 3.07. The van der Waals surface area contributed by atoms with Crippen LogP contribution in [0.25, 0.3) is 11.1 Å². The molecule has 1 aromatic heterocycles. The van der Waals surface area contributed by atoms with E-state index in [0.717, 1.165) is 42.5 Å². The number of ether oxygens (including phenoxy) is 2. The molecule has 6 heteroatoms. The Balaban J connectivity index is 1.53. The fourth-order valence-electron chi connectivity index (χ4n) is 4.59. The smallest absolute Gasteiger partial charge is 0.308 e. The van der Waals surface area contributed by atoms with Crippen molar-refractivity contribution in [2.75, 3.05) is 13.7 Å². The quantitative estimate of drug-likeness (QED) is 0.819. The van der Waals surface area contributed by atoms with E-state index in [0.29, 0.717) is 13.0 Å². The highest BCUT2D eigenvalue weighted by molar-refractivity contribution is 5.70. The normalized spacial score (nSPS) is 26.9. The standard InChI is InChI=1S/C21H26N2O4/c1-23-18(13-24)17(12-22-23)15-3-5-16(6-4-15)20-7-9-21(10-8-20,27-14-20)11-19(25)26-2/h3-6,12,24H,7-11,13-14H2,1-2H3. The van der Waals surface area contributed by atoms with E-state index in [9.17, 15) is 9.90 Å². The number of fused-ring (bicyclic) bond motifs is 3. The Morgan fingerprint density at radius 1 is 1.26 bits per heavy atom. The Labute approximate surface area is 159 Å². The molecule has 0 atom stereocenters. The molecule has 5 rings (SSSR count). The number of rotatable bonds is 5. The van der Waals surface area contributed by atoms with E-state index < -0.39 is 0 Å². The van der Waals surface area contributed by atoms with E-state index >= 15 is 0 Å². The van der Waals surface area contributed by atoms with Crippen LogP contribution in [0.15, 0.2) is 30.5 Å². The average molecular weight is 370 g/mol. The summed E-state index contributed by atoms with van der Waals surface area (Å²) in [4.78, 5) is 11.7. The number of hydrogen-bond donors (Lipinski definition) is 1. The molecule has 1 saturated carbocycles. The minimum atomic E-state index is -0.333. The van der Waals surface area contributed by atoms with Crippen LogP contribution in [0.3, 0.4) is 0 Å². The molecule has 0 spiro atoms. The van der Waals surface area contributed by atoms with Crippen molar-refractivity contribution < 1.29 is 19.4 Å². The molecule has 1 aromatic carbocycles. The average Bonchev–Trinajstić information content (AvgIpc) is 3.09. The van der Waals surface area contributed by atoms with Crippen molar-refractivity contribution >= 4 is 5.97 Å². The molecule has 1 N–H and O–H groups in total. The van der Waals surface area contributed by atoms with Crippen LogP contribution in [0.4, 0.5) is 0 Å². The Bertz CT molecular complexity index is 816. The topological polar surface area (TPSA) is 73.6 Å². The van der Waals surface area contributed by atoms with Gasteiger partial charge < -0.3 is 14.6 Å². The second-order valence-corrected chi connectivity index (χ2v) is 7.87. The van der Waals surface area contributed by atoms with E-state index in [4.69, 9.17) is 9.47 Å². The highest BCUT2D eigenvalue weighted by atomic mass is 16.5. The highest BCUT2D eigenvalue weighted by Crippen LogP contribution is 2.51. The van der Waals surface area contributed by atoms with Gasteiger partial charge >= 0.3 is 5.97 Å². The van der Waals surface area contributed by atoms with Gasteiger partial charge in [-0.25, -0.2) is 0 Å². The lowest BCUT2D eigenvalue weighted by molar-refractivity contribution is -0.176. The summed E-state index contributed by atoms with van der Waals surface area (Å²) in [6.07, 6.45) is 5.98. The van der Waals surface area contributed by atoms with Crippen LogP contribution in [0, 0.1) is 0 Å². The van der Waals surface area contributed by atoms with Crippen molar-refractivity contribution in [3.05, 3.63) is 41.7 Å². The minimum Gasteiger partial charge on any atom is -0.469 e. The fourth-order valence-corrected chi connectivity index (χ4v) is 4.59. The van der Waals surface area contributed by atoms with Gasteiger partial charge in [0.05, 0.1) is 44.2 Å². The Morgan fingerprint density at radius 2 is 1.96 bits per heavy atom. The van der Waals surface area contributed by atoms with Crippen molar-refractivity contribution in [2.45, 2.75) is 49.7 Å². The van der Waals surface area contributed by atoms with E-state index in [1.807, 2.05) is 7.05 Å². The molecule has 2 aliphatic heterocycles. The fraction of sp³-hybridized carbons (Fsp3) is 0.524. The van der Waals surface area contributed by atoms with Crippen molar-refractivity contribution in [2.24, 2.45) is 7.05 Å². The maximum absolute atomic E-state index is 11.7. The summed E-state index contributed by atoms with van der Waals surface area (Å²) >= 11 is 0. The molecule has 2 aromatic rings. The van der Waals surface area contributed by atoms with E-state index in [2.05, 4.69) is 29.4 Å². The largest absolute Gasteiger partial charge is 0.469 e. The van der Waals surface area contributed by atoms with Crippen molar-refractivity contribution in [3.8, 4) is 11.1 Å². The van der Waals surface area contributed by atoms with Crippen molar-refractivity contribution in [1.82, 2.24) is 9.78 Å². The summed E-state index contributed by atoms with van der Waals surface area (Å²) in [7, 11) is 3.27. The number of aromatic nitrogens is 2. The molecule has 0 unspecified atom stereocenters. The number of carbonyl (C=O) groups is 1. The monoisotopic (exact) mass is 370 g/mol. The van der Waals surface area contributed by atoms with Gasteiger partial charge in [0.2, 0.25) is 0 Å². The van der Waals surface area contributed by atoms with Crippen molar-refractivity contribution in [1.29, 1.82) is 0 Å². The van der Waals surface area contributed by atoms with Gasteiger partial charge in [-0.2, -0.15) is 5.10 Å². The maximum Gasteiger partial charge on any atom is 0.308 e. The predicted octanol–water partition coefficient (Wildman–Crippen LogP) is 2.72. The zero-order valence-electron chi connectivity index (χ0n) is 15.9. The molecule has 144 valence electrons. The van der Waals surface area contributed by atoms with Gasteiger partial charge in [-0.1, -0.05) is 24.3 Å². The molecular formula is C21H26N2O4.